The molecule has 1 aliphatic heterocycles. The Morgan fingerprint density at radius 3 is 2.60 bits per heavy atom. The molecule has 1 aliphatic rings. The first-order chi connectivity index (χ1) is 14.7. The lowest BCUT2D eigenvalue weighted by Gasteiger charge is -2.36. The molecule has 0 saturated carbocycles. The van der Waals surface area contributed by atoms with Gasteiger partial charge in [0.05, 0.1) is 25.4 Å². The molecule has 2 aromatic carbocycles. The van der Waals surface area contributed by atoms with Crippen molar-refractivity contribution in [2.45, 2.75) is 18.6 Å². The van der Waals surface area contributed by atoms with Crippen LogP contribution in [0.4, 0.5) is 0 Å². The van der Waals surface area contributed by atoms with Gasteiger partial charge in [-0.2, -0.15) is 0 Å². The third kappa shape index (κ3) is 6.92. The maximum atomic E-state index is 12.9. The molecule has 1 fully saturated rings. The molecule has 1 heterocycles. The van der Waals surface area contributed by atoms with Crippen LogP contribution < -0.4 is 0 Å². The van der Waals surface area contributed by atoms with Gasteiger partial charge in [-0.15, -0.1) is 0 Å². The Labute approximate surface area is 179 Å². The minimum atomic E-state index is -0.429. The quantitative estimate of drug-likeness (QED) is 0.647. The van der Waals surface area contributed by atoms with Gasteiger partial charge in [-0.1, -0.05) is 48.5 Å². The molecule has 1 N–H and O–H groups in total. The van der Waals surface area contributed by atoms with E-state index in [1.807, 2.05) is 60.7 Å². The number of β-amino-alcohol motifs (C(OH)–C–C–N with tert-alkyl or cyclic N) is 1. The van der Waals surface area contributed by atoms with Gasteiger partial charge in [0.15, 0.2) is 0 Å². The Bertz CT molecular complexity index is 756. The van der Waals surface area contributed by atoms with Crippen LogP contribution in [-0.2, 0) is 15.9 Å². The minimum absolute atomic E-state index is 0.0162. The van der Waals surface area contributed by atoms with Crippen LogP contribution in [-0.4, -0.2) is 86.1 Å². The van der Waals surface area contributed by atoms with Crippen LogP contribution in [0.25, 0.3) is 0 Å². The molecule has 1 saturated heterocycles. The SMILES string of the molecule is COCCN(C[C@@H]1CN(C[C@@H](O)Cc2ccccc2)CCO1)C(=O)c1ccccc1. The third-order valence-corrected chi connectivity index (χ3v) is 5.30. The molecule has 0 aliphatic carbocycles. The maximum absolute atomic E-state index is 12.9. The summed E-state index contributed by atoms with van der Waals surface area (Å²) in [6.07, 6.45) is 0.115. The van der Waals surface area contributed by atoms with E-state index in [-0.39, 0.29) is 12.0 Å². The lowest BCUT2D eigenvalue weighted by Crippen LogP contribution is -2.51. The number of carbonyl (C=O) groups is 1. The predicted molar refractivity (Wildman–Crippen MR) is 117 cm³/mol. The van der Waals surface area contributed by atoms with E-state index in [4.69, 9.17) is 9.47 Å². The molecule has 2 aromatic rings. The fraction of sp³-hybridized carbons (Fsp3) is 0.458. The zero-order chi connectivity index (χ0) is 21.2. The smallest absolute Gasteiger partial charge is 0.254 e. The molecular formula is C24H32N2O4. The standard InChI is InChI=1S/C24H32N2O4/c1-29-14-13-26(24(28)21-10-6-3-7-11-21)19-23-18-25(12-15-30-23)17-22(27)16-20-8-4-2-5-9-20/h2-11,22-23,27H,12-19H2,1H3/t22-,23-/m0/s1. The van der Waals surface area contributed by atoms with E-state index in [0.717, 1.165) is 12.1 Å². The largest absolute Gasteiger partial charge is 0.391 e. The second-order valence-corrected chi connectivity index (χ2v) is 7.71. The molecule has 2 atom stereocenters. The van der Waals surface area contributed by atoms with Gasteiger partial charge >= 0.3 is 0 Å². The lowest BCUT2D eigenvalue weighted by atomic mass is 10.1. The summed E-state index contributed by atoms with van der Waals surface area (Å²) < 4.78 is 11.1. The highest BCUT2D eigenvalue weighted by Crippen LogP contribution is 2.12. The summed E-state index contributed by atoms with van der Waals surface area (Å²) in [4.78, 5) is 17.0. The number of ether oxygens (including phenoxy) is 2. The number of carbonyl (C=O) groups excluding carboxylic acids is 1. The van der Waals surface area contributed by atoms with E-state index < -0.39 is 6.10 Å². The van der Waals surface area contributed by atoms with Crippen molar-refractivity contribution in [3.8, 4) is 0 Å². The topological polar surface area (TPSA) is 62.2 Å². The fourth-order valence-electron chi connectivity index (χ4n) is 3.79. The second kappa shape index (κ2) is 11.8. The number of aliphatic hydroxyl groups excluding tert-OH is 1. The summed E-state index contributed by atoms with van der Waals surface area (Å²) >= 11 is 0. The van der Waals surface area contributed by atoms with Crippen molar-refractivity contribution in [2.75, 3.05) is 53.0 Å². The molecular weight excluding hydrogens is 380 g/mol. The Balaban J connectivity index is 1.55. The van der Waals surface area contributed by atoms with E-state index in [9.17, 15) is 9.90 Å². The highest BCUT2D eigenvalue weighted by atomic mass is 16.5. The molecule has 6 heteroatoms. The number of aliphatic hydroxyl groups is 1. The Morgan fingerprint density at radius 1 is 1.20 bits per heavy atom. The van der Waals surface area contributed by atoms with Crippen LogP contribution >= 0.6 is 0 Å². The zero-order valence-corrected chi connectivity index (χ0v) is 17.7. The molecule has 1 amide bonds. The van der Waals surface area contributed by atoms with Crippen LogP contribution in [0, 0.1) is 0 Å². The first-order valence-electron chi connectivity index (χ1n) is 10.5. The van der Waals surface area contributed by atoms with Crippen LogP contribution in [0.2, 0.25) is 0 Å². The number of methoxy groups -OCH3 is 1. The van der Waals surface area contributed by atoms with Crippen molar-refractivity contribution in [1.29, 1.82) is 0 Å². The number of morpholine rings is 1. The molecule has 0 aromatic heterocycles. The molecule has 0 unspecified atom stereocenters. The predicted octanol–water partition coefficient (Wildman–Crippen LogP) is 2.08. The molecule has 0 bridgehead atoms. The third-order valence-electron chi connectivity index (χ3n) is 5.30. The van der Waals surface area contributed by atoms with Crippen molar-refractivity contribution < 1.29 is 19.4 Å². The van der Waals surface area contributed by atoms with Gasteiger partial charge in [-0.3, -0.25) is 9.69 Å². The van der Waals surface area contributed by atoms with Crippen molar-refractivity contribution in [3.05, 3.63) is 71.8 Å². The van der Waals surface area contributed by atoms with Crippen molar-refractivity contribution >= 4 is 5.91 Å². The maximum Gasteiger partial charge on any atom is 0.254 e. The monoisotopic (exact) mass is 412 g/mol. The Hall–Kier alpha value is -2.25. The summed E-state index contributed by atoms with van der Waals surface area (Å²) in [7, 11) is 1.64. The Morgan fingerprint density at radius 2 is 1.90 bits per heavy atom. The number of hydrogen-bond acceptors (Lipinski definition) is 5. The van der Waals surface area contributed by atoms with Crippen molar-refractivity contribution in [3.63, 3.8) is 0 Å². The zero-order valence-electron chi connectivity index (χ0n) is 17.7. The van der Waals surface area contributed by atoms with E-state index in [2.05, 4.69) is 4.90 Å². The lowest BCUT2D eigenvalue weighted by molar-refractivity contribution is -0.0515. The molecule has 6 nitrogen and oxygen atoms in total. The van der Waals surface area contributed by atoms with Gasteiger partial charge in [0, 0.05) is 45.4 Å². The Kier molecular flexibility index (Phi) is 8.83. The van der Waals surface area contributed by atoms with E-state index in [1.54, 1.807) is 12.0 Å². The van der Waals surface area contributed by atoms with E-state index >= 15 is 0 Å². The molecule has 3 rings (SSSR count). The second-order valence-electron chi connectivity index (χ2n) is 7.71. The van der Waals surface area contributed by atoms with E-state index in [0.29, 0.717) is 51.4 Å². The minimum Gasteiger partial charge on any atom is -0.391 e. The van der Waals surface area contributed by atoms with Crippen LogP contribution in [0.5, 0.6) is 0 Å². The first kappa shape index (κ1) is 22.4. The summed E-state index contributed by atoms with van der Waals surface area (Å²) in [5.41, 5.74) is 1.80. The van der Waals surface area contributed by atoms with Gasteiger partial charge < -0.3 is 19.5 Å². The molecule has 30 heavy (non-hydrogen) atoms. The first-order valence-corrected chi connectivity index (χ1v) is 10.5. The average Bonchev–Trinajstić information content (AvgIpc) is 2.77. The molecule has 0 radical (unpaired) electrons. The van der Waals surface area contributed by atoms with Gasteiger partial charge in [0.2, 0.25) is 0 Å². The highest BCUT2D eigenvalue weighted by molar-refractivity contribution is 5.94. The van der Waals surface area contributed by atoms with Crippen LogP contribution in [0.15, 0.2) is 60.7 Å². The fourth-order valence-corrected chi connectivity index (χ4v) is 3.79. The average molecular weight is 413 g/mol. The number of nitrogens with zero attached hydrogens (tertiary/aromatic N) is 2. The summed E-state index contributed by atoms with van der Waals surface area (Å²) in [6.45, 7) is 4.16. The number of amides is 1. The summed E-state index contributed by atoms with van der Waals surface area (Å²) in [5.74, 6) is -0.0162. The normalized spacial score (nSPS) is 18.1. The number of rotatable bonds is 10. The molecule has 0 spiro atoms. The van der Waals surface area contributed by atoms with Gasteiger partial charge in [-0.05, 0) is 24.1 Å². The summed E-state index contributed by atoms with van der Waals surface area (Å²) in [5, 5.41) is 10.5. The number of benzene rings is 2. The van der Waals surface area contributed by atoms with Gasteiger partial charge in [0.1, 0.15) is 0 Å². The van der Waals surface area contributed by atoms with Gasteiger partial charge in [0.25, 0.3) is 5.91 Å². The van der Waals surface area contributed by atoms with Crippen molar-refractivity contribution in [1.82, 2.24) is 9.80 Å². The van der Waals surface area contributed by atoms with E-state index in [1.165, 1.54) is 0 Å². The number of hydrogen-bond donors (Lipinski definition) is 1. The summed E-state index contributed by atoms with van der Waals surface area (Å²) in [6, 6.07) is 19.3. The molecule has 162 valence electrons. The highest BCUT2D eigenvalue weighted by Gasteiger charge is 2.26. The van der Waals surface area contributed by atoms with Crippen LogP contribution in [0.3, 0.4) is 0 Å². The van der Waals surface area contributed by atoms with Crippen LogP contribution in [0.1, 0.15) is 15.9 Å². The van der Waals surface area contributed by atoms with Gasteiger partial charge in [-0.25, -0.2) is 0 Å². The van der Waals surface area contributed by atoms with Crippen molar-refractivity contribution in [2.24, 2.45) is 0 Å².